The van der Waals surface area contributed by atoms with Gasteiger partial charge in [-0.1, -0.05) is 31.2 Å². The summed E-state index contributed by atoms with van der Waals surface area (Å²) in [6.07, 6.45) is 0.343. The number of benzene rings is 2. The molecule has 1 heterocycles. The van der Waals surface area contributed by atoms with Crippen LogP contribution in [0.15, 0.2) is 53.3 Å². The quantitative estimate of drug-likeness (QED) is 0.688. The molecule has 1 atom stereocenters. The van der Waals surface area contributed by atoms with Gasteiger partial charge in [0.05, 0.1) is 22.6 Å². The highest BCUT2D eigenvalue weighted by Gasteiger charge is 2.25. The number of amides is 1. The molecule has 6 heteroatoms. The average Bonchev–Trinajstić information content (AvgIpc) is 2.69. The molecule has 0 saturated heterocycles. The lowest BCUT2D eigenvalue weighted by Crippen LogP contribution is -2.37. The SMILES string of the molecule is CCC(=O)N(CC)C(C)c1nc2ccccc2c(=O)n1-c1ccccc1F. The van der Waals surface area contributed by atoms with E-state index in [-0.39, 0.29) is 17.2 Å². The third kappa shape index (κ3) is 3.35. The van der Waals surface area contributed by atoms with Gasteiger partial charge in [0.15, 0.2) is 0 Å². The molecule has 0 spiro atoms. The first-order valence-corrected chi connectivity index (χ1v) is 9.05. The van der Waals surface area contributed by atoms with Gasteiger partial charge in [-0.3, -0.25) is 14.2 Å². The minimum atomic E-state index is -0.519. The van der Waals surface area contributed by atoms with Crippen LogP contribution in [-0.2, 0) is 4.79 Å². The van der Waals surface area contributed by atoms with Crippen molar-refractivity contribution in [1.29, 1.82) is 0 Å². The monoisotopic (exact) mass is 367 g/mol. The van der Waals surface area contributed by atoms with Crippen LogP contribution in [0.25, 0.3) is 16.6 Å². The Hall–Kier alpha value is -3.02. The molecule has 0 bridgehead atoms. The maximum atomic E-state index is 14.5. The van der Waals surface area contributed by atoms with Gasteiger partial charge in [-0.05, 0) is 38.1 Å². The van der Waals surface area contributed by atoms with Crippen molar-refractivity contribution in [2.75, 3.05) is 6.54 Å². The summed E-state index contributed by atoms with van der Waals surface area (Å²) in [6.45, 7) is 5.94. The van der Waals surface area contributed by atoms with Crippen LogP contribution in [0.3, 0.4) is 0 Å². The molecule has 3 rings (SSSR count). The van der Waals surface area contributed by atoms with Gasteiger partial charge >= 0.3 is 0 Å². The van der Waals surface area contributed by atoms with Crippen molar-refractivity contribution in [1.82, 2.24) is 14.5 Å². The molecule has 0 N–H and O–H groups in total. The molecule has 0 aliphatic rings. The summed E-state index contributed by atoms with van der Waals surface area (Å²) in [7, 11) is 0. The van der Waals surface area contributed by atoms with Crippen LogP contribution in [0.4, 0.5) is 4.39 Å². The molecule has 0 radical (unpaired) electrons. The molecule has 1 unspecified atom stereocenters. The van der Waals surface area contributed by atoms with E-state index < -0.39 is 11.9 Å². The molecule has 1 aromatic heterocycles. The van der Waals surface area contributed by atoms with Gasteiger partial charge in [-0.15, -0.1) is 0 Å². The van der Waals surface area contributed by atoms with Crippen molar-refractivity contribution < 1.29 is 9.18 Å². The first-order chi connectivity index (χ1) is 13.0. The van der Waals surface area contributed by atoms with E-state index >= 15 is 0 Å². The molecule has 0 fully saturated rings. The van der Waals surface area contributed by atoms with Gasteiger partial charge in [-0.25, -0.2) is 9.37 Å². The number of aromatic nitrogens is 2. The number of rotatable bonds is 5. The topological polar surface area (TPSA) is 55.2 Å². The standard InChI is InChI=1S/C21H22FN3O2/c1-4-19(26)24(5-2)14(3)20-23-17-12-8-6-10-15(17)21(27)25(20)18-13-9-7-11-16(18)22/h6-14H,4-5H2,1-3H3. The second kappa shape index (κ2) is 7.70. The van der Waals surface area contributed by atoms with Gasteiger partial charge in [0.2, 0.25) is 5.91 Å². The minimum absolute atomic E-state index is 0.0486. The van der Waals surface area contributed by atoms with E-state index in [4.69, 9.17) is 0 Å². The Morgan fingerprint density at radius 2 is 1.81 bits per heavy atom. The van der Waals surface area contributed by atoms with Crippen molar-refractivity contribution in [3.63, 3.8) is 0 Å². The number of halogens is 1. The van der Waals surface area contributed by atoms with E-state index in [1.165, 1.54) is 10.6 Å². The fourth-order valence-corrected chi connectivity index (χ4v) is 3.30. The average molecular weight is 367 g/mol. The molecule has 0 saturated carbocycles. The van der Waals surface area contributed by atoms with Crippen molar-refractivity contribution in [3.05, 3.63) is 70.5 Å². The predicted molar refractivity (Wildman–Crippen MR) is 103 cm³/mol. The number of carbonyl (C=O) groups excluding carboxylic acids is 1. The first kappa shape index (κ1) is 18.8. The van der Waals surface area contributed by atoms with Crippen LogP contribution in [-0.4, -0.2) is 26.9 Å². The second-order valence-corrected chi connectivity index (χ2v) is 6.29. The number of hydrogen-bond acceptors (Lipinski definition) is 3. The smallest absolute Gasteiger partial charge is 0.266 e. The summed E-state index contributed by atoms with van der Waals surface area (Å²) in [5.41, 5.74) is 0.298. The Morgan fingerprint density at radius 1 is 1.15 bits per heavy atom. The summed E-state index contributed by atoms with van der Waals surface area (Å²) in [5, 5.41) is 0.404. The number of para-hydroxylation sites is 2. The van der Waals surface area contributed by atoms with Crippen molar-refractivity contribution in [3.8, 4) is 5.69 Å². The lowest BCUT2D eigenvalue weighted by atomic mass is 10.1. The molecular formula is C21H22FN3O2. The van der Waals surface area contributed by atoms with Gasteiger partial charge < -0.3 is 4.90 Å². The van der Waals surface area contributed by atoms with E-state index in [0.29, 0.717) is 29.7 Å². The Kier molecular flexibility index (Phi) is 5.35. The van der Waals surface area contributed by atoms with E-state index in [9.17, 15) is 14.0 Å². The molecule has 5 nitrogen and oxygen atoms in total. The highest BCUT2D eigenvalue weighted by Crippen LogP contribution is 2.24. The van der Waals surface area contributed by atoms with Gasteiger partial charge in [0, 0.05) is 13.0 Å². The molecule has 1 amide bonds. The lowest BCUT2D eigenvalue weighted by Gasteiger charge is -2.29. The van der Waals surface area contributed by atoms with Crippen LogP contribution in [0.2, 0.25) is 0 Å². The Balaban J connectivity index is 2.34. The van der Waals surface area contributed by atoms with Gasteiger partial charge in [0.25, 0.3) is 5.56 Å². The zero-order valence-electron chi connectivity index (χ0n) is 15.6. The largest absolute Gasteiger partial charge is 0.333 e. The molecular weight excluding hydrogens is 345 g/mol. The number of hydrogen-bond donors (Lipinski definition) is 0. The highest BCUT2D eigenvalue weighted by atomic mass is 19.1. The zero-order chi connectivity index (χ0) is 19.6. The molecule has 0 aliphatic heterocycles. The third-order valence-corrected chi connectivity index (χ3v) is 4.70. The number of carbonyl (C=O) groups is 1. The van der Waals surface area contributed by atoms with Crippen molar-refractivity contribution >= 4 is 16.8 Å². The Bertz CT molecular complexity index is 1050. The maximum Gasteiger partial charge on any atom is 0.266 e. The fraction of sp³-hybridized carbons (Fsp3) is 0.286. The summed E-state index contributed by atoms with van der Waals surface area (Å²) < 4.78 is 15.8. The lowest BCUT2D eigenvalue weighted by molar-refractivity contribution is -0.132. The van der Waals surface area contributed by atoms with Gasteiger partial charge in [0.1, 0.15) is 11.6 Å². The summed E-state index contributed by atoms with van der Waals surface area (Å²) >= 11 is 0. The van der Waals surface area contributed by atoms with Crippen molar-refractivity contribution in [2.45, 2.75) is 33.2 Å². The van der Waals surface area contributed by atoms with E-state index in [2.05, 4.69) is 4.98 Å². The molecule has 2 aromatic carbocycles. The normalized spacial score (nSPS) is 12.1. The van der Waals surface area contributed by atoms with Crippen LogP contribution in [0.5, 0.6) is 0 Å². The fourth-order valence-electron chi connectivity index (χ4n) is 3.30. The van der Waals surface area contributed by atoms with E-state index in [1.807, 2.05) is 13.8 Å². The molecule has 0 aliphatic carbocycles. The van der Waals surface area contributed by atoms with Crippen LogP contribution in [0, 0.1) is 5.82 Å². The van der Waals surface area contributed by atoms with E-state index in [0.717, 1.165) is 0 Å². The summed E-state index contributed by atoms with van der Waals surface area (Å²) in [4.78, 5) is 31.9. The predicted octanol–water partition coefficient (Wildman–Crippen LogP) is 3.84. The summed E-state index contributed by atoms with van der Waals surface area (Å²) in [5.74, 6) is -0.227. The second-order valence-electron chi connectivity index (χ2n) is 6.29. The van der Waals surface area contributed by atoms with Crippen molar-refractivity contribution in [2.24, 2.45) is 0 Å². The van der Waals surface area contributed by atoms with E-state index in [1.54, 1.807) is 54.3 Å². The first-order valence-electron chi connectivity index (χ1n) is 9.05. The van der Waals surface area contributed by atoms with Crippen LogP contribution in [0.1, 0.15) is 39.1 Å². The number of nitrogens with zero attached hydrogens (tertiary/aromatic N) is 3. The molecule has 140 valence electrons. The molecule has 27 heavy (non-hydrogen) atoms. The Morgan fingerprint density at radius 3 is 2.48 bits per heavy atom. The van der Waals surface area contributed by atoms with Gasteiger partial charge in [-0.2, -0.15) is 0 Å². The van der Waals surface area contributed by atoms with Crippen LogP contribution < -0.4 is 5.56 Å². The third-order valence-electron chi connectivity index (χ3n) is 4.70. The summed E-state index contributed by atoms with van der Waals surface area (Å²) in [6, 6.07) is 12.6. The Labute approximate surface area is 157 Å². The molecule has 3 aromatic rings. The highest BCUT2D eigenvalue weighted by molar-refractivity contribution is 5.78. The minimum Gasteiger partial charge on any atom is -0.333 e. The zero-order valence-corrected chi connectivity index (χ0v) is 15.6. The van der Waals surface area contributed by atoms with Crippen LogP contribution >= 0.6 is 0 Å². The maximum absolute atomic E-state index is 14.5. The number of fused-ring (bicyclic) bond motifs is 1.